The summed E-state index contributed by atoms with van der Waals surface area (Å²) in [6.07, 6.45) is 2.60. The van der Waals surface area contributed by atoms with Crippen molar-refractivity contribution >= 4 is 17.7 Å². The van der Waals surface area contributed by atoms with E-state index >= 15 is 0 Å². The fraction of sp³-hybridized carbons (Fsp3) is 0.500. The summed E-state index contributed by atoms with van der Waals surface area (Å²) in [5.74, 6) is -0.829. The zero-order valence-electron chi connectivity index (χ0n) is 12.4. The highest BCUT2D eigenvalue weighted by molar-refractivity contribution is 5.92. The minimum absolute atomic E-state index is 0.0170. The van der Waals surface area contributed by atoms with Crippen LogP contribution in [0.2, 0.25) is 0 Å². The lowest BCUT2D eigenvalue weighted by Gasteiger charge is -2.30. The molecule has 1 heterocycles. The van der Waals surface area contributed by atoms with Crippen molar-refractivity contribution < 1.29 is 14.7 Å². The smallest absolute Gasteiger partial charge is 0.324 e. The summed E-state index contributed by atoms with van der Waals surface area (Å²) >= 11 is 0. The van der Waals surface area contributed by atoms with Gasteiger partial charge in [-0.15, -0.1) is 0 Å². The maximum absolute atomic E-state index is 12.7. The molecule has 2 amide bonds. The molecule has 0 bridgehead atoms. The van der Waals surface area contributed by atoms with Crippen molar-refractivity contribution in [2.24, 2.45) is 0 Å². The van der Waals surface area contributed by atoms with E-state index in [2.05, 4.69) is 6.92 Å². The number of para-hydroxylation sites is 1. The topological polar surface area (TPSA) is 60.9 Å². The quantitative estimate of drug-likeness (QED) is 0.907. The van der Waals surface area contributed by atoms with Gasteiger partial charge < -0.3 is 10.0 Å². The molecule has 0 aliphatic carbocycles. The first-order valence-corrected chi connectivity index (χ1v) is 7.44. The number of amides is 2. The molecule has 2 rings (SSSR count). The Kier molecular flexibility index (Phi) is 5.20. The number of benzene rings is 1. The van der Waals surface area contributed by atoms with Crippen molar-refractivity contribution in [3.8, 4) is 0 Å². The summed E-state index contributed by atoms with van der Waals surface area (Å²) in [5, 5.41) is 8.78. The van der Waals surface area contributed by atoms with Gasteiger partial charge in [-0.3, -0.25) is 9.69 Å². The number of nitrogens with zero attached hydrogens (tertiary/aromatic N) is 2. The van der Waals surface area contributed by atoms with Gasteiger partial charge in [0.2, 0.25) is 0 Å². The Morgan fingerprint density at radius 3 is 2.62 bits per heavy atom. The summed E-state index contributed by atoms with van der Waals surface area (Å²) in [4.78, 5) is 27.0. The molecule has 1 aromatic carbocycles. The molecule has 0 radical (unpaired) electrons. The molecule has 5 heteroatoms. The number of hydrogen-bond donors (Lipinski definition) is 1. The number of carbonyl (C=O) groups is 2. The lowest BCUT2D eigenvalue weighted by molar-refractivity contribution is -0.137. The summed E-state index contributed by atoms with van der Waals surface area (Å²) in [5.41, 5.74) is 0.826. The SMILES string of the molecule is CC1CCCN1C(=O)N(CCCC(=O)O)c1ccccc1. The summed E-state index contributed by atoms with van der Waals surface area (Å²) in [6.45, 7) is 3.27. The molecule has 0 aromatic heterocycles. The molecular formula is C16H22N2O3. The second kappa shape index (κ2) is 7.11. The number of carboxylic acid groups (broad SMARTS) is 1. The number of carbonyl (C=O) groups excluding carboxylic acids is 1. The Bertz CT molecular complexity index is 490. The maximum atomic E-state index is 12.7. The van der Waals surface area contributed by atoms with E-state index in [0.717, 1.165) is 25.1 Å². The predicted octanol–water partition coefficient (Wildman–Crippen LogP) is 2.96. The number of carboxylic acids is 1. The molecule has 21 heavy (non-hydrogen) atoms. The minimum Gasteiger partial charge on any atom is -0.481 e. The van der Waals surface area contributed by atoms with Gasteiger partial charge in [0.15, 0.2) is 0 Å². The van der Waals surface area contributed by atoms with Gasteiger partial charge in [0.1, 0.15) is 0 Å². The van der Waals surface area contributed by atoms with Crippen LogP contribution >= 0.6 is 0 Å². The van der Waals surface area contributed by atoms with E-state index in [1.54, 1.807) is 4.90 Å². The van der Waals surface area contributed by atoms with Gasteiger partial charge in [-0.1, -0.05) is 18.2 Å². The van der Waals surface area contributed by atoms with Crippen LogP contribution in [0.3, 0.4) is 0 Å². The average Bonchev–Trinajstić information content (AvgIpc) is 2.90. The van der Waals surface area contributed by atoms with Crippen molar-refractivity contribution in [2.45, 2.75) is 38.6 Å². The largest absolute Gasteiger partial charge is 0.481 e. The van der Waals surface area contributed by atoms with Crippen LogP contribution in [0.25, 0.3) is 0 Å². The van der Waals surface area contributed by atoms with Crippen molar-refractivity contribution in [1.82, 2.24) is 4.90 Å². The lowest BCUT2D eigenvalue weighted by atomic mass is 10.2. The molecule has 1 aromatic rings. The van der Waals surface area contributed by atoms with Gasteiger partial charge in [-0.05, 0) is 38.3 Å². The van der Waals surface area contributed by atoms with Gasteiger partial charge in [0.05, 0.1) is 0 Å². The minimum atomic E-state index is -0.829. The molecule has 1 atom stereocenters. The molecule has 0 saturated carbocycles. The van der Waals surface area contributed by atoms with Crippen LogP contribution in [0.1, 0.15) is 32.6 Å². The van der Waals surface area contributed by atoms with Crippen molar-refractivity contribution in [3.05, 3.63) is 30.3 Å². The summed E-state index contributed by atoms with van der Waals surface area (Å²) < 4.78 is 0. The van der Waals surface area contributed by atoms with Gasteiger partial charge >= 0.3 is 12.0 Å². The average molecular weight is 290 g/mol. The second-order valence-electron chi connectivity index (χ2n) is 5.45. The van der Waals surface area contributed by atoms with Crippen molar-refractivity contribution in [3.63, 3.8) is 0 Å². The van der Waals surface area contributed by atoms with Crippen molar-refractivity contribution in [1.29, 1.82) is 0 Å². The Hall–Kier alpha value is -2.04. The number of urea groups is 1. The summed E-state index contributed by atoms with van der Waals surface area (Å²) in [6, 6.07) is 9.70. The Labute approximate surface area is 125 Å². The molecular weight excluding hydrogens is 268 g/mol. The molecule has 1 aliphatic rings. The monoisotopic (exact) mass is 290 g/mol. The highest BCUT2D eigenvalue weighted by Gasteiger charge is 2.29. The van der Waals surface area contributed by atoms with E-state index in [1.807, 2.05) is 35.2 Å². The second-order valence-corrected chi connectivity index (χ2v) is 5.45. The van der Waals surface area contributed by atoms with Gasteiger partial charge in [0.25, 0.3) is 0 Å². The van der Waals surface area contributed by atoms with Crippen molar-refractivity contribution in [2.75, 3.05) is 18.0 Å². The number of rotatable bonds is 5. The Balaban J connectivity index is 2.11. The zero-order chi connectivity index (χ0) is 15.2. The van der Waals surface area contributed by atoms with Crippen LogP contribution in [0.4, 0.5) is 10.5 Å². The predicted molar refractivity (Wildman–Crippen MR) is 81.5 cm³/mol. The third-order valence-corrected chi connectivity index (χ3v) is 3.87. The highest BCUT2D eigenvalue weighted by atomic mass is 16.4. The number of hydrogen-bond acceptors (Lipinski definition) is 2. The van der Waals surface area contributed by atoms with Gasteiger partial charge in [-0.2, -0.15) is 0 Å². The van der Waals surface area contributed by atoms with E-state index in [0.29, 0.717) is 13.0 Å². The molecule has 1 saturated heterocycles. The third kappa shape index (κ3) is 3.97. The molecule has 5 nitrogen and oxygen atoms in total. The Morgan fingerprint density at radius 1 is 1.33 bits per heavy atom. The molecule has 1 N–H and O–H groups in total. The highest BCUT2D eigenvalue weighted by Crippen LogP contribution is 2.22. The normalized spacial score (nSPS) is 17.8. The zero-order valence-corrected chi connectivity index (χ0v) is 12.4. The summed E-state index contributed by atoms with van der Waals surface area (Å²) in [7, 11) is 0. The third-order valence-electron chi connectivity index (χ3n) is 3.87. The van der Waals surface area contributed by atoms with Gasteiger partial charge in [-0.25, -0.2) is 4.79 Å². The number of aliphatic carboxylic acids is 1. The molecule has 114 valence electrons. The standard InChI is InChI=1S/C16H22N2O3/c1-13-7-5-11-17(13)16(21)18(12-6-10-15(19)20)14-8-3-2-4-9-14/h2-4,8-9,13H,5-7,10-12H2,1H3,(H,19,20). The van der Waals surface area contributed by atoms with Crippen LogP contribution < -0.4 is 4.90 Å². The number of likely N-dealkylation sites (tertiary alicyclic amines) is 1. The molecule has 1 aliphatic heterocycles. The van der Waals surface area contributed by atoms with Crippen LogP contribution in [0, 0.1) is 0 Å². The van der Waals surface area contributed by atoms with Crippen LogP contribution in [-0.4, -0.2) is 41.1 Å². The van der Waals surface area contributed by atoms with E-state index < -0.39 is 5.97 Å². The molecule has 1 fully saturated rings. The Morgan fingerprint density at radius 2 is 2.05 bits per heavy atom. The maximum Gasteiger partial charge on any atom is 0.324 e. The van der Waals surface area contributed by atoms with Crippen LogP contribution in [0.5, 0.6) is 0 Å². The van der Waals surface area contributed by atoms with E-state index in [1.165, 1.54) is 0 Å². The van der Waals surface area contributed by atoms with Crippen LogP contribution in [0.15, 0.2) is 30.3 Å². The fourth-order valence-electron chi connectivity index (χ4n) is 2.70. The van der Waals surface area contributed by atoms with E-state index in [-0.39, 0.29) is 18.5 Å². The van der Waals surface area contributed by atoms with E-state index in [4.69, 9.17) is 5.11 Å². The number of anilines is 1. The first kappa shape index (κ1) is 15.4. The first-order valence-electron chi connectivity index (χ1n) is 7.44. The lowest BCUT2D eigenvalue weighted by Crippen LogP contribution is -2.45. The molecule has 1 unspecified atom stereocenters. The van der Waals surface area contributed by atoms with Crippen LogP contribution in [-0.2, 0) is 4.79 Å². The fourth-order valence-corrected chi connectivity index (χ4v) is 2.70. The molecule has 0 spiro atoms. The van der Waals surface area contributed by atoms with Gasteiger partial charge in [0, 0.05) is 31.2 Å². The first-order chi connectivity index (χ1) is 10.1. The van der Waals surface area contributed by atoms with E-state index in [9.17, 15) is 9.59 Å².